The number of rotatable bonds is 7. The summed E-state index contributed by atoms with van der Waals surface area (Å²) in [5.74, 6) is 1.46. The van der Waals surface area contributed by atoms with Crippen molar-refractivity contribution in [3.8, 4) is 0 Å². The molecule has 21 heavy (non-hydrogen) atoms. The molecule has 2 aromatic heterocycles. The maximum Gasteiger partial charge on any atom is 0.248 e. The molecule has 0 saturated carbocycles. The van der Waals surface area contributed by atoms with Gasteiger partial charge in [0, 0.05) is 12.1 Å². The highest BCUT2D eigenvalue weighted by Crippen LogP contribution is 2.12. The smallest absolute Gasteiger partial charge is 0.248 e. The van der Waals surface area contributed by atoms with Crippen LogP contribution in [0.2, 0.25) is 0 Å². The lowest BCUT2D eigenvalue weighted by Gasteiger charge is -2.15. The molecule has 0 aliphatic carbocycles. The summed E-state index contributed by atoms with van der Waals surface area (Å²) in [5.41, 5.74) is 2.98. The Hall–Kier alpha value is -2.45. The van der Waals surface area contributed by atoms with Crippen LogP contribution < -0.4 is 16.1 Å². The standard InChI is InChI=1S/C12H21N9/c1-5-9(4)16-11-17-10(15-8(2)3)18-12(19-11)20-21-6-13-14-7-21/h6-9H,5H2,1-4H3,(H3,15,16,17,18,19,20). The summed E-state index contributed by atoms with van der Waals surface area (Å²) in [6.45, 7) is 8.23. The van der Waals surface area contributed by atoms with E-state index in [1.54, 1.807) is 4.68 Å². The third kappa shape index (κ3) is 4.55. The van der Waals surface area contributed by atoms with Crippen molar-refractivity contribution < 1.29 is 0 Å². The van der Waals surface area contributed by atoms with E-state index in [-0.39, 0.29) is 12.1 Å². The predicted molar refractivity (Wildman–Crippen MR) is 81.0 cm³/mol. The number of hydrogen-bond acceptors (Lipinski definition) is 8. The van der Waals surface area contributed by atoms with E-state index in [1.165, 1.54) is 12.7 Å². The molecule has 2 aromatic rings. The summed E-state index contributed by atoms with van der Waals surface area (Å²) < 4.78 is 1.57. The first-order valence-electron chi connectivity index (χ1n) is 6.97. The summed E-state index contributed by atoms with van der Waals surface area (Å²) in [6, 6.07) is 0.508. The van der Waals surface area contributed by atoms with Crippen molar-refractivity contribution in [3.63, 3.8) is 0 Å². The Bertz CT molecular complexity index is 552. The second kappa shape index (κ2) is 6.82. The summed E-state index contributed by atoms with van der Waals surface area (Å²) in [6.07, 6.45) is 4.04. The van der Waals surface area contributed by atoms with E-state index in [0.29, 0.717) is 17.8 Å². The van der Waals surface area contributed by atoms with E-state index >= 15 is 0 Å². The molecule has 2 heterocycles. The van der Waals surface area contributed by atoms with Crippen LogP contribution in [0.1, 0.15) is 34.1 Å². The molecule has 9 heteroatoms. The van der Waals surface area contributed by atoms with Crippen LogP contribution in [0.5, 0.6) is 0 Å². The highest BCUT2D eigenvalue weighted by molar-refractivity contribution is 5.42. The van der Waals surface area contributed by atoms with E-state index in [0.717, 1.165) is 6.42 Å². The van der Waals surface area contributed by atoms with Gasteiger partial charge in [-0.3, -0.25) is 5.43 Å². The van der Waals surface area contributed by atoms with Crippen molar-refractivity contribution in [2.24, 2.45) is 0 Å². The molecule has 0 saturated heterocycles. The fourth-order valence-electron chi connectivity index (χ4n) is 1.51. The fraction of sp³-hybridized carbons (Fsp3) is 0.583. The van der Waals surface area contributed by atoms with Gasteiger partial charge in [0.1, 0.15) is 12.7 Å². The van der Waals surface area contributed by atoms with Crippen LogP contribution in [-0.2, 0) is 0 Å². The number of anilines is 3. The molecule has 0 aliphatic rings. The Morgan fingerprint density at radius 1 is 0.952 bits per heavy atom. The van der Waals surface area contributed by atoms with Crippen LogP contribution in [0.4, 0.5) is 17.8 Å². The van der Waals surface area contributed by atoms with Crippen molar-refractivity contribution in [1.29, 1.82) is 0 Å². The normalized spacial score (nSPS) is 12.2. The van der Waals surface area contributed by atoms with Gasteiger partial charge in [0.2, 0.25) is 17.8 Å². The fourth-order valence-corrected chi connectivity index (χ4v) is 1.51. The molecular weight excluding hydrogens is 270 g/mol. The van der Waals surface area contributed by atoms with E-state index in [9.17, 15) is 0 Å². The number of nitrogens with one attached hydrogen (secondary N) is 3. The van der Waals surface area contributed by atoms with E-state index < -0.39 is 0 Å². The molecule has 9 nitrogen and oxygen atoms in total. The Morgan fingerprint density at radius 3 is 2.10 bits per heavy atom. The van der Waals surface area contributed by atoms with Crippen LogP contribution in [0.3, 0.4) is 0 Å². The lowest BCUT2D eigenvalue weighted by molar-refractivity contribution is 0.748. The lowest BCUT2D eigenvalue weighted by Crippen LogP contribution is -2.20. The summed E-state index contributed by atoms with van der Waals surface area (Å²) in [7, 11) is 0. The quantitative estimate of drug-likeness (QED) is 0.702. The monoisotopic (exact) mass is 291 g/mol. The summed E-state index contributed by atoms with van der Waals surface area (Å²) in [5, 5.41) is 13.9. The number of nitrogens with zero attached hydrogens (tertiary/aromatic N) is 6. The number of hydrogen-bond donors (Lipinski definition) is 3. The third-order valence-electron chi connectivity index (χ3n) is 2.69. The van der Waals surface area contributed by atoms with Crippen LogP contribution >= 0.6 is 0 Å². The molecule has 0 aromatic carbocycles. The van der Waals surface area contributed by atoms with Gasteiger partial charge in [-0.1, -0.05) is 6.92 Å². The van der Waals surface area contributed by atoms with Crippen molar-refractivity contribution >= 4 is 17.8 Å². The lowest BCUT2D eigenvalue weighted by atomic mass is 10.3. The van der Waals surface area contributed by atoms with Gasteiger partial charge in [0.15, 0.2) is 0 Å². The third-order valence-corrected chi connectivity index (χ3v) is 2.69. The van der Waals surface area contributed by atoms with Crippen LogP contribution in [0.25, 0.3) is 0 Å². The van der Waals surface area contributed by atoms with Crippen molar-refractivity contribution in [3.05, 3.63) is 12.7 Å². The largest absolute Gasteiger partial charge is 0.352 e. The van der Waals surface area contributed by atoms with E-state index in [2.05, 4.69) is 55.1 Å². The molecule has 0 fully saturated rings. The highest BCUT2D eigenvalue weighted by atomic mass is 15.5. The van der Waals surface area contributed by atoms with Gasteiger partial charge in [-0.15, -0.1) is 10.2 Å². The second-order valence-corrected chi connectivity index (χ2v) is 5.04. The van der Waals surface area contributed by atoms with Gasteiger partial charge in [-0.25, -0.2) is 4.68 Å². The first kappa shape index (κ1) is 14.9. The number of aromatic nitrogens is 6. The summed E-state index contributed by atoms with van der Waals surface area (Å²) in [4.78, 5) is 13.0. The SMILES string of the molecule is CCC(C)Nc1nc(NC(C)C)nc(Nn2cnnc2)n1. The zero-order valence-electron chi connectivity index (χ0n) is 12.7. The molecular formula is C12H21N9. The van der Waals surface area contributed by atoms with Crippen LogP contribution in [-0.4, -0.2) is 41.9 Å². The Kier molecular flexibility index (Phi) is 4.85. The van der Waals surface area contributed by atoms with Gasteiger partial charge in [0.05, 0.1) is 0 Å². The van der Waals surface area contributed by atoms with Gasteiger partial charge >= 0.3 is 0 Å². The Labute approximate surface area is 123 Å². The molecule has 1 atom stereocenters. The molecule has 0 amide bonds. The van der Waals surface area contributed by atoms with Crippen molar-refractivity contribution in [1.82, 2.24) is 29.8 Å². The van der Waals surface area contributed by atoms with Gasteiger partial charge < -0.3 is 10.6 Å². The molecule has 114 valence electrons. The first-order valence-corrected chi connectivity index (χ1v) is 6.97. The molecule has 0 bridgehead atoms. The van der Waals surface area contributed by atoms with Gasteiger partial charge in [-0.05, 0) is 27.2 Å². The van der Waals surface area contributed by atoms with Crippen LogP contribution in [0, 0.1) is 0 Å². The second-order valence-electron chi connectivity index (χ2n) is 5.04. The maximum absolute atomic E-state index is 4.37. The van der Waals surface area contributed by atoms with Gasteiger partial charge in [-0.2, -0.15) is 15.0 Å². The maximum atomic E-state index is 4.37. The Morgan fingerprint density at radius 2 is 1.52 bits per heavy atom. The molecule has 0 spiro atoms. The minimum Gasteiger partial charge on any atom is -0.352 e. The molecule has 3 N–H and O–H groups in total. The topological polar surface area (TPSA) is 105 Å². The zero-order chi connectivity index (χ0) is 15.2. The van der Waals surface area contributed by atoms with Crippen molar-refractivity contribution in [2.45, 2.75) is 46.2 Å². The van der Waals surface area contributed by atoms with E-state index in [4.69, 9.17) is 0 Å². The van der Waals surface area contributed by atoms with Crippen LogP contribution in [0.15, 0.2) is 12.7 Å². The summed E-state index contributed by atoms with van der Waals surface area (Å²) >= 11 is 0. The minimum absolute atomic E-state index is 0.228. The minimum atomic E-state index is 0.228. The average molecular weight is 291 g/mol. The predicted octanol–water partition coefficient (Wildman–Crippen LogP) is 1.37. The molecule has 2 rings (SSSR count). The average Bonchev–Trinajstić information content (AvgIpc) is 2.90. The first-order chi connectivity index (χ1) is 10.1. The Balaban J connectivity index is 2.23. The molecule has 0 radical (unpaired) electrons. The molecule has 1 unspecified atom stereocenters. The highest BCUT2D eigenvalue weighted by Gasteiger charge is 2.09. The zero-order valence-corrected chi connectivity index (χ0v) is 12.7. The van der Waals surface area contributed by atoms with Gasteiger partial charge in [0.25, 0.3) is 0 Å². The van der Waals surface area contributed by atoms with Crippen molar-refractivity contribution in [2.75, 3.05) is 16.1 Å². The molecule has 0 aliphatic heterocycles. The van der Waals surface area contributed by atoms with E-state index in [1.807, 2.05) is 13.8 Å².